The van der Waals surface area contributed by atoms with Crippen molar-refractivity contribution in [2.45, 2.75) is 6.54 Å². The zero-order valence-corrected chi connectivity index (χ0v) is 9.98. The average Bonchev–Trinajstić information content (AvgIpc) is 2.82. The van der Waals surface area contributed by atoms with E-state index < -0.39 is 0 Å². The Labute approximate surface area is 103 Å². The van der Waals surface area contributed by atoms with Gasteiger partial charge in [0, 0.05) is 7.05 Å². The number of aromatic nitrogens is 2. The molecule has 0 aliphatic rings. The number of nitrogens with two attached hydrogens (primary N) is 1. The van der Waals surface area contributed by atoms with Crippen molar-refractivity contribution in [3.63, 3.8) is 0 Å². The quantitative estimate of drug-likeness (QED) is 0.637. The molecule has 0 aromatic carbocycles. The molecule has 0 amide bonds. The van der Waals surface area contributed by atoms with Gasteiger partial charge in [-0.3, -0.25) is 5.43 Å². The molecule has 2 aromatic rings. The zero-order valence-electron chi connectivity index (χ0n) is 9.22. The molecule has 0 atom stereocenters. The minimum Gasteiger partial charge on any atom is -0.467 e. The van der Waals surface area contributed by atoms with Crippen LogP contribution in [0.2, 0.25) is 5.02 Å². The molecule has 2 heterocycles. The molecule has 0 unspecified atom stereocenters. The largest absolute Gasteiger partial charge is 0.467 e. The van der Waals surface area contributed by atoms with Crippen molar-refractivity contribution in [3.05, 3.63) is 35.4 Å². The van der Waals surface area contributed by atoms with Gasteiger partial charge in [0.05, 0.1) is 19.0 Å². The van der Waals surface area contributed by atoms with Crippen LogP contribution in [0.3, 0.4) is 0 Å². The van der Waals surface area contributed by atoms with Gasteiger partial charge in [0.15, 0.2) is 5.82 Å². The molecule has 0 radical (unpaired) electrons. The van der Waals surface area contributed by atoms with Crippen LogP contribution in [0, 0.1) is 0 Å². The number of rotatable bonds is 4. The summed E-state index contributed by atoms with van der Waals surface area (Å²) in [5.41, 5.74) is 2.38. The molecule has 0 spiro atoms. The number of furan rings is 1. The number of nitrogens with one attached hydrogen (secondary N) is 1. The molecule has 0 aliphatic heterocycles. The summed E-state index contributed by atoms with van der Waals surface area (Å²) in [6.07, 6.45) is 3.12. The predicted octanol–water partition coefficient (Wildman–Crippen LogP) is 1.64. The molecule has 2 rings (SSSR count). The average molecular weight is 254 g/mol. The van der Waals surface area contributed by atoms with Crippen LogP contribution in [0.25, 0.3) is 0 Å². The Morgan fingerprint density at radius 3 is 3.06 bits per heavy atom. The van der Waals surface area contributed by atoms with Gasteiger partial charge in [0.1, 0.15) is 10.8 Å². The smallest absolute Gasteiger partial charge is 0.239 e. The second-order valence-electron chi connectivity index (χ2n) is 3.44. The number of halogens is 1. The summed E-state index contributed by atoms with van der Waals surface area (Å²) >= 11 is 6.02. The molecular formula is C10H12ClN5O. The lowest BCUT2D eigenvalue weighted by molar-refractivity contribution is 0.507. The first-order valence-electron chi connectivity index (χ1n) is 4.93. The summed E-state index contributed by atoms with van der Waals surface area (Å²) < 4.78 is 5.25. The fraction of sp³-hybridized carbons (Fsp3) is 0.200. The van der Waals surface area contributed by atoms with Gasteiger partial charge < -0.3 is 9.32 Å². The van der Waals surface area contributed by atoms with E-state index >= 15 is 0 Å². The van der Waals surface area contributed by atoms with Crippen molar-refractivity contribution >= 4 is 23.4 Å². The summed E-state index contributed by atoms with van der Waals surface area (Å²) in [6.45, 7) is 0.563. The molecule has 7 heteroatoms. The highest BCUT2D eigenvalue weighted by Crippen LogP contribution is 2.23. The van der Waals surface area contributed by atoms with Crippen molar-refractivity contribution < 1.29 is 4.42 Å². The van der Waals surface area contributed by atoms with Gasteiger partial charge in [-0.05, 0) is 12.1 Å². The van der Waals surface area contributed by atoms with E-state index in [0.717, 1.165) is 5.76 Å². The minimum atomic E-state index is 0.315. The molecule has 90 valence electrons. The molecule has 0 aliphatic carbocycles. The van der Waals surface area contributed by atoms with Crippen LogP contribution in [0.1, 0.15) is 5.76 Å². The summed E-state index contributed by atoms with van der Waals surface area (Å²) in [5.74, 6) is 6.98. The molecule has 6 nitrogen and oxygen atoms in total. The van der Waals surface area contributed by atoms with E-state index in [2.05, 4.69) is 15.4 Å². The van der Waals surface area contributed by atoms with Crippen LogP contribution in [0.4, 0.5) is 11.8 Å². The number of nitrogens with zero attached hydrogens (tertiary/aromatic N) is 3. The molecule has 0 bridgehead atoms. The van der Waals surface area contributed by atoms with E-state index in [0.29, 0.717) is 23.3 Å². The maximum absolute atomic E-state index is 6.02. The Morgan fingerprint density at radius 1 is 1.59 bits per heavy atom. The lowest BCUT2D eigenvalue weighted by atomic mass is 10.4. The maximum Gasteiger partial charge on any atom is 0.239 e. The highest BCUT2D eigenvalue weighted by atomic mass is 35.5. The van der Waals surface area contributed by atoms with Crippen molar-refractivity contribution in [2.24, 2.45) is 5.84 Å². The van der Waals surface area contributed by atoms with Crippen molar-refractivity contribution in [1.29, 1.82) is 0 Å². The molecule has 0 saturated carbocycles. The first-order valence-corrected chi connectivity index (χ1v) is 5.31. The number of hydrogen-bond acceptors (Lipinski definition) is 6. The molecule has 3 N–H and O–H groups in total. The summed E-state index contributed by atoms with van der Waals surface area (Å²) in [7, 11) is 1.86. The number of anilines is 2. The van der Waals surface area contributed by atoms with Crippen LogP contribution >= 0.6 is 11.6 Å². The minimum absolute atomic E-state index is 0.315. The van der Waals surface area contributed by atoms with E-state index in [1.54, 1.807) is 6.26 Å². The normalized spacial score (nSPS) is 10.3. The third-order valence-corrected chi connectivity index (χ3v) is 2.46. The number of hydrogen-bond donors (Lipinski definition) is 2. The Bertz CT molecular complexity index is 487. The fourth-order valence-corrected chi connectivity index (χ4v) is 1.64. The Balaban J connectivity index is 2.20. The highest BCUT2D eigenvalue weighted by Gasteiger charge is 2.11. The van der Waals surface area contributed by atoms with E-state index in [1.165, 1.54) is 6.20 Å². The predicted molar refractivity (Wildman–Crippen MR) is 65.7 cm³/mol. The monoisotopic (exact) mass is 253 g/mol. The Morgan fingerprint density at radius 2 is 2.41 bits per heavy atom. The Hall–Kier alpha value is -1.79. The van der Waals surface area contributed by atoms with Crippen LogP contribution in [0.5, 0.6) is 0 Å². The second kappa shape index (κ2) is 5.03. The van der Waals surface area contributed by atoms with E-state index in [-0.39, 0.29) is 0 Å². The van der Waals surface area contributed by atoms with Crippen LogP contribution in [0.15, 0.2) is 29.0 Å². The lowest BCUT2D eigenvalue weighted by Crippen LogP contribution is -2.19. The first kappa shape index (κ1) is 11.7. The highest BCUT2D eigenvalue weighted by molar-refractivity contribution is 6.32. The van der Waals surface area contributed by atoms with Gasteiger partial charge in [0.25, 0.3) is 0 Å². The van der Waals surface area contributed by atoms with Gasteiger partial charge in [0.2, 0.25) is 5.95 Å². The van der Waals surface area contributed by atoms with Gasteiger partial charge in [-0.15, -0.1) is 0 Å². The summed E-state index contributed by atoms with van der Waals surface area (Å²) in [5, 5.41) is 0.457. The van der Waals surface area contributed by atoms with Crippen molar-refractivity contribution in [3.8, 4) is 0 Å². The zero-order chi connectivity index (χ0) is 12.3. The lowest BCUT2D eigenvalue weighted by Gasteiger charge is -2.18. The molecule has 2 aromatic heterocycles. The standard InChI is InChI=1S/C10H12ClN5O/c1-16(6-7-3-2-4-17-7)9-8(11)5-13-10(14-9)15-12/h2-5H,6,12H2,1H3,(H,13,14,15). The van der Waals surface area contributed by atoms with E-state index in [1.807, 2.05) is 24.1 Å². The van der Waals surface area contributed by atoms with E-state index in [9.17, 15) is 0 Å². The van der Waals surface area contributed by atoms with Crippen molar-refractivity contribution in [2.75, 3.05) is 17.4 Å². The third-order valence-electron chi connectivity index (χ3n) is 2.19. The van der Waals surface area contributed by atoms with Gasteiger partial charge >= 0.3 is 0 Å². The third kappa shape index (κ3) is 2.66. The van der Waals surface area contributed by atoms with E-state index in [4.69, 9.17) is 21.9 Å². The number of hydrazine groups is 1. The van der Waals surface area contributed by atoms with Gasteiger partial charge in [-0.25, -0.2) is 10.8 Å². The Kier molecular flexibility index (Phi) is 3.46. The summed E-state index contributed by atoms with van der Waals surface area (Å²) in [6, 6.07) is 3.71. The van der Waals surface area contributed by atoms with Crippen LogP contribution in [-0.4, -0.2) is 17.0 Å². The second-order valence-corrected chi connectivity index (χ2v) is 3.85. The van der Waals surface area contributed by atoms with Crippen LogP contribution < -0.4 is 16.2 Å². The van der Waals surface area contributed by atoms with Crippen LogP contribution in [-0.2, 0) is 6.54 Å². The topological polar surface area (TPSA) is 80.2 Å². The molecule has 17 heavy (non-hydrogen) atoms. The number of nitrogen functional groups attached to an aromatic ring is 1. The first-order chi connectivity index (χ1) is 8.20. The van der Waals surface area contributed by atoms with Gasteiger partial charge in [-0.2, -0.15) is 4.98 Å². The molecule has 0 saturated heterocycles. The maximum atomic E-state index is 6.02. The fourth-order valence-electron chi connectivity index (χ4n) is 1.41. The molecule has 0 fully saturated rings. The molecular weight excluding hydrogens is 242 g/mol. The van der Waals surface area contributed by atoms with Gasteiger partial charge in [-0.1, -0.05) is 11.6 Å². The van der Waals surface area contributed by atoms with Crippen molar-refractivity contribution in [1.82, 2.24) is 9.97 Å². The summed E-state index contributed by atoms with van der Waals surface area (Å²) in [4.78, 5) is 9.93. The SMILES string of the molecule is CN(Cc1ccco1)c1nc(NN)ncc1Cl.